The van der Waals surface area contributed by atoms with Gasteiger partial charge in [-0.3, -0.25) is 0 Å². The monoisotopic (exact) mass is 341 g/mol. The fourth-order valence-electron chi connectivity index (χ4n) is 2.50. The van der Waals surface area contributed by atoms with Gasteiger partial charge in [0.1, 0.15) is 5.82 Å². The summed E-state index contributed by atoms with van der Waals surface area (Å²) in [4.78, 5) is 13.4. The minimum atomic E-state index is -5.08. The van der Waals surface area contributed by atoms with Crippen molar-refractivity contribution in [2.45, 2.75) is 25.1 Å². The van der Waals surface area contributed by atoms with Gasteiger partial charge in [0.25, 0.3) is 0 Å². The van der Waals surface area contributed by atoms with E-state index in [0.717, 1.165) is 18.9 Å². The second kappa shape index (κ2) is 7.96. The molecule has 5 nitrogen and oxygen atoms in total. The zero-order valence-corrected chi connectivity index (χ0v) is 12.8. The predicted molar refractivity (Wildman–Crippen MR) is 82.5 cm³/mol. The third kappa shape index (κ3) is 4.82. The van der Waals surface area contributed by atoms with Crippen LogP contribution in [0.1, 0.15) is 18.9 Å². The van der Waals surface area contributed by atoms with Crippen molar-refractivity contribution in [3.63, 3.8) is 0 Å². The molecular formula is C16H18F3N3O2. The fraction of sp³-hybridized carbons (Fsp3) is 0.375. The largest absolute Gasteiger partial charge is 0.490 e. The quantitative estimate of drug-likeness (QED) is 0.881. The predicted octanol–water partition coefficient (Wildman–Crippen LogP) is 3.11. The molecule has 3 rings (SSSR count). The molecule has 0 amide bonds. The van der Waals surface area contributed by atoms with E-state index in [-0.39, 0.29) is 0 Å². The molecule has 1 aromatic heterocycles. The molecule has 2 heterocycles. The minimum Gasteiger partial charge on any atom is -0.475 e. The second-order valence-electron chi connectivity index (χ2n) is 5.31. The molecule has 8 heteroatoms. The Labute approximate surface area is 137 Å². The summed E-state index contributed by atoms with van der Waals surface area (Å²) in [5, 5.41) is 10.5. The summed E-state index contributed by atoms with van der Waals surface area (Å²) in [6, 6.07) is 11.0. The van der Waals surface area contributed by atoms with Gasteiger partial charge in [-0.25, -0.2) is 9.78 Å². The Bertz CT molecular complexity index is 650. The minimum absolute atomic E-state index is 0.592. The smallest absolute Gasteiger partial charge is 0.475 e. The highest BCUT2D eigenvalue weighted by atomic mass is 19.4. The van der Waals surface area contributed by atoms with Gasteiger partial charge < -0.3 is 15.0 Å². The molecule has 0 saturated carbocycles. The van der Waals surface area contributed by atoms with Gasteiger partial charge in [-0.2, -0.15) is 13.2 Å². The normalized spacial score (nSPS) is 15.5. The number of alkyl halides is 3. The molecule has 130 valence electrons. The number of hydrogen-bond acceptors (Lipinski definition) is 3. The highest BCUT2D eigenvalue weighted by molar-refractivity contribution is 5.73. The molecule has 0 atom stereocenters. The molecule has 1 aromatic carbocycles. The van der Waals surface area contributed by atoms with Crippen LogP contribution in [-0.2, 0) is 4.79 Å². The van der Waals surface area contributed by atoms with Crippen LogP contribution in [0.4, 0.5) is 13.2 Å². The third-order valence-electron chi connectivity index (χ3n) is 3.65. The number of halogens is 3. The van der Waals surface area contributed by atoms with E-state index in [1.54, 1.807) is 0 Å². The van der Waals surface area contributed by atoms with E-state index in [9.17, 15) is 13.2 Å². The highest BCUT2D eigenvalue weighted by Crippen LogP contribution is 2.25. The Balaban J connectivity index is 0.000000256. The molecule has 0 spiro atoms. The summed E-state index contributed by atoms with van der Waals surface area (Å²) in [7, 11) is 0. The van der Waals surface area contributed by atoms with Crippen molar-refractivity contribution in [1.29, 1.82) is 0 Å². The van der Waals surface area contributed by atoms with Crippen molar-refractivity contribution in [2.75, 3.05) is 13.1 Å². The molecule has 1 aliphatic heterocycles. The lowest BCUT2D eigenvalue weighted by molar-refractivity contribution is -0.192. The van der Waals surface area contributed by atoms with Crippen molar-refractivity contribution in [3.8, 4) is 11.4 Å². The zero-order valence-electron chi connectivity index (χ0n) is 12.8. The van der Waals surface area contributed by atoms with E-state index in [0.29, 0.717) is 6.04 Å². The first-order chi connectivity index (χ1) is 11.4. The van der Waals surface area contributed by atoms with Crippen LogP contribution in [0.3, 0.4) is 0 Å². The van der Waals surface area contributed by atoms with Gasteiger partial charge in [-0.1, -0.05) is 30.3 Å². The summed E-state index contributed by atoms with van der Waals surface area (Å²) < 4.78 is 34.1. The SMILES string of the molecule is O=C(O)C(F)(F)F.c1ccc(-c2nccn2C2CCNCC2)cc1. The maximum atomic E-state index is 10.6. The number of nitrogens with one attached hydrogen (secondary N) is 1. The number of benzene rings is 1. The first-order valence-corrected chi connectivity index (χ1v) is 7.48. The van der Waals surface area contributed by atoms with Gasteiger partial charge in [0, 0.05) is 24.0 Å². The van der Waals surface area contributed by atoms with Crippen LogP contribution in [0.25, 0.3) is 11.4 Å². The Kier molecular flexibility index (Phi) is 5.97. The van der Waals surface area contributed by atoms with Crippen molar-refractivity contribution in [2.24, 2.45) is 0 Å². The Morgan fingerprint density at radius 2 is 1.79 bits per heavy atom. The molecule has 1 aliphatic rings. The molecule has 2 aromatic rings. The molecule has 1 saturated heterocycles. The summed E-state index contributed by atoms with van der Waals surface area (Å²) in [5.74, 6) is -1.66. The van der Waals surface area contributed by atoms with Gasteiger partial charge >= 0.3 is 12.1 Å². The number of nitrogens with zero attached hydrogens (tertiary/aromatic N) is 2. The maximum absolute atomic E-state index is 10.6. The number of piperidine rings is 1. The van der Waals surface area contributed by atoms with E-state index in [1.165, 1.54) is 18.4 Å². The van der Waals surface area contributed by atoms with Gasteiger partial charge in [0.2, 0.25) is 0 Å². The topological polar surface area (TPSA) is 67.1 Å². The van der Waals surface area contributed by atoms with Gasteiger partial charge in [-0.15, -0.1) is 0 Å². The standard InChI is InChI=1S/C14H17N3.C2HF3O2/c1-2-4-12(5-3-1)14-16-10-11-17(14)13-6-8-15-9-7-13;3-2(4,5)1(6)7/h1-5,10-11,13,15H,6-9H2;(H,6,7). The van der Waals surface area contributed by atoms with E-state index >= 15 is 0 Å². The Hall–Kier alpha value is -2.35. The summed E-state index contributed by atoms with van der Waals surface area (Å²) in [6.45, 7) is 2.22. The van der Waals surface area contributed by atoms with Crippen molar-refractivity contribution in [3.05, 3.63) is 42.7 Å². The first kappa shape index (κ1) is 18.0. The van der Waals surface area contributed by atoms with Crippen LogP contribution in [0.2, 0.25) is 0 Å². The number of hydrogen-bond donors (Lipinski definition) is 2. The number of carbonyl (C=O) groups is 1. The lowest BCUT2D eigenvalue weighted by atomic mass is 10.1. The third-order valence-corrected chi connectivity index (χ3v) is 3.65. The number of carboxylic acid groups (broad SMARTS) is 1. The average Bonchev–Trinajstić information content (AvgIpc) is 3.06. The Morgan fingerprint density at radius 3 is 2.33 bits per heavy atom. The van der Waals surface area contributed by atoms with Crippen LogP contribution in [0.5, 0.6) is 0 Å². The van der Waals surface area contributed by atoms with Crippen LogP contribution in [-0.4, -0.2) is 39.9 Å². The number of aliphatic carboxylic acids is 1. The van der Waals surface area contributed by atoms with Crippen molar-refractivity contribution in [1.82, 2.24) is 14.9 Å². The average molecular weight is 341 g/mol. The summed E-state index contributed by atoms with van der Waals surface area (Å²) >= 11 is 0. The lowest BCUT2D eigenvalue weighted by Gasteiger charge is -2.25. The van der Waals surface area contributed by atoms with Crippen LogP contribution in [0, 0.1) is 0 Å². The summed E-state index contributed by atoms with van der Waals surface area (Å²) in [5.41, 5.74) is 1.20. The van der Waals surface area contributed by atoms with E-state index in [2.05, 4.69) is 45.3 Å². The van der Waals surface area contributed by atoms with Gasteiger partial charge in [0.05, 0.1) is 0 Å². The Morgan fingerprint density at radius 1 is 1.21 bits per heavy atom. The molecule has 0 unspecified atom stereocenters. The van der Waals surface area contributed by atoms with Crippen molar-refractivity contribution < 1.29 is 23.1 Å². The van der Waals surface area contributed by atoms with E-state index < -0.39 is 12.1 Å². The molecule has 1 fully saturated rings. The number of carboxylic acids is 1. The van der Waals surface area contributed by atoms with E-state index in [4.69, 9.17) is 9.90 Å². The summed E-state index contributed by atoms with van der Waals surface area (Å²) in [6.07, 6.45) is 1.31. The number of aromatic nitrogens is 2. The molecule has 0 radical (unpaired) electrons. The molecular weight excluding hydrogens is 323 g/mol. The first-order valence-electron chi connectivity index (χ1n) is 7.48. The highest BCUT2D eigenvalue weighted by Gasteiger charge is 2.38. The molecule has 0 bridgehead atoms. The van der Waals surface area contributed by atoms with E-state index in [1.807, 2.05) is 12.3 Å². The van der Waals surface area contributed by atoms with Gasteiger partial charge in [-0.05, 0) is 25.9 Å². The lowest BCUT2D eigenvalue weighted by Crippen LogP contribution is -2.29. The molecule has 2 N–H and O–H groups in total. The van der Waals surface area contributed by atoms with Crippen LogP contribution >= 0.6 is 0 Å². The van der Waals surface area contributed by atoms with Crippen molar-refractivity contribution >= 4 is 5.97 Å². The molecule has 0 aliphatic carbocycles. The maximum Gasteiger partial charge on any atom is 0.490 e. The van der Waals surface area contributed by atoms with Gasteiger partial charge in [0.15, 0.2) is 0 Å². The number of imidazole rings is 1. The second-order valence-corrected chi connectivity index (χ2v) is 5.31. The zero-order chi connectivity index (χ0) is 17.6. The fourth-order valence-corrected chi connectivity index (χ4v) is 2.50. The van der Waals surface area contributed by atoms with Crippen LogP contribution in [0.15, 0.2) is 42.7 Å². The number of rotatable bonds is 2. The molecule has 24 heavy (non-hydrogen) atoms. The van der Waals surface area contributed by atoms with Crippen LogP contribution < -0.4 is 5.32 Å².